The minimum atomic E-state index is -4.19. The maximum Gasteiger partial charge on any atom is 0.240 e. The van der Waals surface area contributed by atoms with E-state index in [1.54, 1.807) is 12.1 Å². The highest BCUT2D eigenvalue weighted by molar-refractivity contribution is 7.92. The number of furan rings is 1. The number of rotatable bonds is 8. The third-order valence-corrected chi connectivity index (χ3v) is 7.98. The van der Waals surface area contributed by atoms with Crippen molar-refractivity contribution in [3.63, 3.8) is 0 Å². The van der Waals surface area contributed by atoms with Gasteiger partial charge in [0.15, 0.2) is 21.4 Å². The molecule has 160 valence electrons. The van der Waals surface area contributed by atoms with Crippen molar-refractivity contribution in [2.45, 2.75) is 22.0 Å². The molecule has 0 spiro atoms. The van der Waals surface area contributed by atoms with Crippen LogP contribution in [0.25, 0.3) is 0 Å². The van der Waals surface area contributed by atoms with Crippen LogP contribution in [0.3, 0.4) is 0 Å². The third-order valence-electron chi connectivity index (χ3n) is 4.48. The zero-order valence-corrected chi connectivity index (χ0v) is 17.8. The molecule has 0 bridgehead atoms. The Morgan fingerprint density at radius 2 is 1.70 bits per heavy atom. The zero-order chi connectivity index (χ0) is 21.9. The molecule has 0 aliphatic carbocycles. The minimum absolute atomic E-state index is 0.0317. The number of hydrogen-bond donors (Lipinski definition) is 1. The summed E-state index contributed by atoms with van der Waals surface area (Å²) in [6.45, 7) is 1.32. The Labute approximate surface area is 174 Å². The van der Waals surface area contributed by atoms with E-state index in [0.29, 0.717) is 0 Å². The molecule has 10 heteroatoms. The van der Waals surface area contributed by atoms with E-state index in [4.69, 9.17) is 9.15 Å². The van der Waals surface area contributed by atoms with Crippen molar-refractivity contribution >= 4 is 19.9 Å². The number of benzene rings is 2. The first kappa shape index (κ1) is 22.0. The van der Waals surface area contributed by atoms with Crippen molar-refractivity contribution in [2.75, 3.05) is 13.7 Å². The molecule has 0 aliphatic rings. The summed E-state index contributed by atoms with van der Waals surface area (Å²) < 4.78 is 77.8. The molecule has 0 aliphatic heterocycles. The lowest BCUT2D eigenvalue weighted by Gasteiger charge is -2.17. The summed E-state index contributed by atoms with van der Waals surface area (Å²) in [5.41, 5.74) is 0.880. The van der Waals surface area contributed by atoms with Crippen LogP contribution in [0.4, 0.5) is 4.39 Å². The van der Waals surface area contributed by atoms with E-state index in [1.165, 1.54) is 49.8 Å². The highest BCUT2D eigenvalue weighted by Crippen LogP contribution is 2.30. The number of halogens is 1. The molecule has 0 fully saturated rings. The number of sulfone groups is 1. The fraction of sp³-hybridized carbons (Fsp3) is 0.200. The molecule has 0 saturated heterocycles. The van der Waals surface area contributed by atoms with Gasteiger partial charge in [0.2, 0.25) is 10.0 Å². The molecule has 0 unspecified atom stereocenters. The molecule has 0 radical (unpaired) electrons. The van der Waals surface area contributed by atoms with E-state index in [2.05, 4.69) is 4.72 Å². The van der Waals surface area contributed by atoms with E-state index < -0.39 is 37.5 Å². The van der Waals surface area contributed by atoms with Crippen LogP contribution in [0.2, 0.25) is 0 Å². The van der Waals surface area contributed by atoms with Gasteiger partial charge in [-0.25, -0.2) is 25.9 Å². The predicted octanol–water partition coefficient (Wildman–Crippen LogP) is 3.23. The van der Waals surface area contributed by atoms with E-state index in [1.807, 2.05) is 6.92 Å². The number of ether oxygens (including phenoxy) is 1. The normalized spacial score (nSPS) is 13.2. The van der Waals surface area contributed by atoms with Gasteiger partial charge in [-0.1, -0.05) is 17.7 Å². The molecule has 3 rings (SSSR count). The second kappa shape index (κ2) is 8.58. The van der Waals surface area contributed by atoms with Crippen molar-refractivity contribution in [3.05, 3.63) is 78.0 Å². The van der Waals surface area contributed by atoms with E-state index in [0.717, 1.165) is 11.6 Å². The van der Waals surface area contributed by atoms with Gasteiger partial charge in [-0.2, -0.15) is 0 Å². The summed E-state index contributed by atoms with van der Waals surface area (Å²) in [7, 11) is -6.92. The van der Waals surface area contributed by atoms with Gasteiger partial charge in [0.1, 0.15) is 11.0 Å². The molecule has 1 aromatic heterocycles. The maximum atomic E-state index is 13.9. The Hall–Kier alpha value is -2.69. The van der Waals surface area contributed by atoms with Crippen molar-refractivity contribution in [1.29, 1.82) is 0 Å². The minimum Gasteiger partial charge on any atom is -0.494 e. The predicted molar refractivity (Wildman–Crippen MR) is 108 cm³/mol. The average Bonchev–Trinajstić information content (AvgIpc) is 3.22. The molecular formula is C20H20FNO6S2. The lowest BCUT2D eigenvalue weighted by Crippen LogP contribution is -2.32. The van der Waals surface area contributed by atoms with Crippen LogP contribution < -0.4 is 9.46 Å². The van der Waals surface area contributed by atoms with Gasteiger partial charge in [-0.05, 0) is 49.4 Å². The summed E-state index contributed by atoms with van der Waals surface area (Å²) in [5.74, 6) is -0.876. The molecule has 7 nitrogen and oxygen atoms in total. The van der Waals surface area contributed by atoms with Crippen LogP contribution >= 0.6 is 0 Å². The average molecular weight is 454 g/mol. The van der Waals surface area contributed by atoms with Crippen molar-refractivity contribution < 1.29 is 30.4 Å². The molecule has 1 atom stereocenters. The van der Waals surface area contributed by atoms with Gasteiger partial charge in [-0.3, -0.25) is 0 Å². The molecule has 0 saturated carbocycles. The van der Waals surface area contributed by atoms with Crippen molar-refractivity contribution in [2.24, 2.45) is 0 Å². The van der Waals surface area contributed by atoms with E-state index >= 15 is 0 Å². The van der Waals surface area contributed by atoms with Gasteiger partial charge >= 0.3 is 0 Å². The number of nitrogens with one attached hydrogen (secondary N) is 1. The standard InChI is InChI=1S/C20H20FNO6S2/c1-14-5-7-15(8-6-14)29(23,24)20(19-4-3-11-28-19)13-22-30(25,26)16-9-10-18(27-2)17(21)12-16/h3-12,20,22H,13H2,1-2H3/t20-/m1/s1. The first-order chi connectivity index (χ1) is 14.1. The Morgan fingerprint density at radius 3 is 2.27 bits per heavy atom. The third kappa shape index (κ3) is 4.55. The van der Waals surface area contributed by atoms with Gasteiger partial charge in [0, 0.05) is 6.54 Å². The lowest BCUT2D eigenvalue weighted by molar-refractivity contribution is 0.385. The Morgan fingerprint density at radius 1 is 1.03 bits per heavy atom. The summed E-state index contributed by atoms with van der Waals surface area (Å²) in [5, 5.41) is -1.31. The zero-order valence-electron chi connectivity index (χ0n) is 16.2. The topological polar surface area (TPSA) is 103 Å². The first-order valence-electron chi connectivity index (χ1n) is 8.82. The van der Waals surface area contributed by atoms with Crippen molar-refractivity contribution in [3.8, 4) is 5.75 Å². The maximum absolute atomic E-state index is 13.9. The van der Waals surface area contributed by atoms with Gasteiger partial charge in [0.05, 0.1) is 23.2 Å². The van der Waals surface area contributed by atoms with Crippen LogP contribution in [0.15, 0.2) is 75.1 Å². The number of methoxy groups -OCH3 is 1. The van der Waals surface area contributed by atoms with Crippen LogP contribution in [-0.2, 0) is 19.9 Å². The van der Waals surface area contributed by atoms with Gasteiger partial charge in [-0.15, -0.1) is 0 Å². The monoisotopic (exact) mass is 453 g/mol. The van der Waals surface area contributed by atoms with Crippen LogP contribution in [0.1, 0.15) is 16.6 Å². The number of hydrogen-bond acceptors (Lipinski definition) is 6. The fourth-order valence-corrected chi connectivity index (χ4v) is 5.56. The summed E-state index contributed by atoms with van der Waals surface area (Å²) >= 11 is 0. The highest BCUT2D eigenvalue weighted by Gasteiger charge is 2.33. The second-order valence-corrected chi connectivity index (χ2v) is 10.4. The SMILES string of the molecule is COc1ccc(S(=O)(=O)NC[C@H](c2ccco2)S(=O)(=O)c2ccc(C)cc2)cc1F. The molecule has 1 heterocycles. The van der Waals surface area contributed by atoms with Crippen LogP contribution in [0, 0.1) is 12.7 Å². The number of aryl methyl sites for hydroxylation is 1. The lowest BCUT2D eigenvalue weighted by atomic mass is 10.2. The molecule has 30 heavy (non-hydrogen) atoms. The highest BCUT2D eigenvalue weighted by atomic mass is 32.2. The van der Waals surface area contributed by atoms with Gasteiger partial charge < -0.3 is 9.15 Å². The Kier molecular flexibility index (Phi) is 6.30. The van der Waals surface area contributed by atoms with Crippen molar-refractivity contribution in [1.82, 2.24) is 4.72 Å². The first-order valence-corrected chi connectivity index (χ1v) is 11.9. The molecule has 3 aromatic rings. The molecular weight excluding hydrogens is 433 g/mol. The van der Waals surface area contributed by atoms with Crippen LogP contribution in [0.5, 0.6) is 5.75 Å². The Bertz CT molecular complexity index is 1220. The summed E-state index contributed by atoms with van der Waals surface area (Å²) in [4.78, 5) is -0.323. The summed E-state index contributed by atoms with van der Waals surface area (Å²) in [6, 6.07) is 12.3. The summed E-state index contributed by atoms with van der Waals surface area (Å²) in [6.07, 6.45) is 1.31. The molecule has 2 aromatic carbocycles. The molecule has 1 N–H and O–H groups in total. The molecule has 0 amide bonds. The van der Waals surface area contributed by atoms with E-state index in [9.17, 15) is 21.2 Å². The van der Waals surface area contributed by atoms with E-state index in [-0.39, 0.29) is 21.3 Å². The Balaban J connectivity index is 1.91. The largest absolute Gasteiger partial charge is 0.494 e. The number of sulfonamides is 1. The quantitative estimate of drug-likeness (QED) is 0.562. The van der Waals surface area contributed by atoms with Gasteiger partial charge in [0.25, 0.3) is 0 Å². The fourth-order valence-electron chi connectivity index (χ4n) is 2.81. The second-order valence-electron chi connectivity index (χ2n) is 6.51. The smallest absolute Gasteiger partial charge is 0.240 e. The van der Waals surface area contributed by atoms with Crippen LogP contribution in [-0.4, -0.2) is 30.5 Å².